The van der Waals surface area contributed by atoms with Crippen molar-refractivity contribution in [2.75, 3.05) is 0 Å². The number of hydrogen-bond donors (Lipinski definition) is 0. The average Bonchev–Trinajstić information content (AvgIpc) is 2.13. The van der Waals surface area contributed by atoms with E-state index in [0.29, 0.717) is 5.60 Å². The van der Waals surface area contributed by atoms with Gasteiger partial charge in [0.05, 0.1) is 0 Å². The molecule has 0 N–H and O–H groups in total. The van der Waals surface area contributed by atoms with Crippen LogP contribution in [0.4, 0.5) is 0 Å². The van der Waals surface area contributed by atoms with Crippen LogP contribution in [-0.4, -0.2) is 5.60 Å². The molecule has 2 atom stereocenters. The number of ether oxygens (including phenoxy) is 1. The molecule has 1 nitrogen and oxygen atoms in total. The molecular weight excluding hydrogens is 100 g/mol. The quantitative estimate of drug-likeness (QED) is 0.428. The molecule has 2 unspecified atom stereocenters. The summed E-state index contributed by atoms with van der Waals surface area (Å²) in [7, 11) is 0. The number of hydrogen-bond acceptors (Lipinski definition) is 1. The normalized spacial score (nSPS) is 55.0. The van der Waals surface area contributed by atoms with Gasteiger partial charge in [-0.1, -0.05) is 0 Å². The average molecular weight is 108 g/mol. The molecule has 2 bridgehead atoms. The Morgan fingerprint density at radius 2 is 2.75 bits per heavy atom. The summed E-state index contributed by atoms with van der Waals surface area (Å²) < 4.78 is 5.39. The van der Waals surface area contributed by atoms with Gasteiger partial charge in [-0.2, -0.15) is 0 Å². The van der Waals surface area contributed by atoms with Crippen LogP contribution in [-0.2, 0) is 4.74 Å². The molecule has 1 heteroatoms. The minimum absolute atomic E-state index is 0.338. The minimum atomic E-state index is 0.338. The van der Waals surface area contributed by atoms with Gasteiger partial charge in [0.1, 0.15) is 5.76 Å². The smallest absolute Gasteiger partial charge is 0.165 e. The number of rotatable bonds is 0. The van der Waals surface area contributed by atoms with Gasteiger partial charge in [0, 0.05) is 6.42 Å². The molecule has 3 aliphatic rings. The van der Waals surface area contributed by atoms with Gasteiger partial charge in [-0.15, -0.1) is 0 Å². The van der Waals surface area contributed by atoms with Gasteiger partial charge in [0.15, 0.2) is 5.60 Å². The Morgan fingerprint density at radius 3 is 3.12 bits per heavy atom. The minimum Gasteiger partial charge on any atom is -0.480 e. The highest BCUT2D eigenvalue weighted by molar-refractivity contribution is 5.35. The summed E-state index contributed by atoms with van der Waals surface area (Å²) in [6, 6.07) is 0. The van der Waals surface area contributed by atoms with E-state index in [9.17, 15) is 0 Å². The molecule has 0 aromatic heterocycles. The Balaban J connectivity index is 2.23. The highest BCUT2D eigenvalue weighted by atomic mass is 16.6. The van der Waals surface area contributed by atoms with E-state index >= 15 is 0 Å². The standard InChI is InChI=1S/C7H8O/c1-2-7-4-5(1)3-6(7)8-7/h3,5H,1-2,4H2. The lowest BCUT2D eigenvalue weighted by Gasteiger charge is -1.93. The maximum absolute atomic E-state index is 5.39. The monoisotopic (exact) mass is 108 g/mol. The van der Waals surface area contributed by atoms with E-state index in [1.165, 1.54) is 25.0 Å². The maximum atomic E-state index is 5.39. The second kappa shape index (κ2) is 0.734. The van der Waals surface area contributed by atoms with E-state index in [1.54, 1.807) is 0 Å². The fraction of sp³-hybridized carbons (Fsp3) is 0.714. The van der Waals surface area contributed by atoms with Gasteiger partial charge >= 0.3 is 0 Å². The van der Waals surface area contributed by atoms with E-state index in [4.69, 9.17) is 4.74 Å². The van der Waals surface area contributed by atoms with Gasteiger partial charge in [-0.05, 0) is 24.8 Å². The summed E-state index contributed by atoms with van der Waals surface area (Å²) in [6.45, 7) is 0. The van der Waals surface area contributed by atoms with Crippen molar-refractivity contribution in [1.29, 1.82) is 0 Å². The Hall–Kier alpha value is -0.460. The fourth-order valence-electron chi connectivity index (χ4n) is 2.09. The Labute approximate surface area is 48.3 Å². The third-order valence-electron chi connectivity index (χ3n) is 2.61. The van der Waals surface area contributed by atoms with Crippen LogP contribution in [0.15, 0.2) is 11.8 Å². The van der Waals surface area contributed by atoms with Crippen molar-refractivity contribution in [2.45, 2.75) is 24.9 Å². The Morgan fingerprint density at radius 1 is 1.75 bits per heavy atom. The fourth-order valence-corrected chi connectivity index (χ4v) is 2.09. The molecule has 1 saturated heterocycles. The summed E-state index contributed by atoms with van der Waals surface area (Å²) in [6.07, 6.45) is 6.30. The lowest BCUT2D eigenvalue weighted by atomic mass is 10.1. The van der Waals surface area contributed by atoms with Crippen LogP contribution in [0, 0.1) is 5.92 Å². The lowest BCUT2D eigenvalue weighted by Crippen LogP contribution is -1.98. The van der Waals surface area contributed by atoms with Gasteiger partial charge in [-0.3, -0.25) is 0 Å². The molecule has 3 rings (SSSR count). The van der Waals surface area contributed by atoms with Crippen LogP contribution >= 0.6 is 0 Å². The first-order chi connectivity index (χ1) is 3.89. The van der Waals surface area contributed by atoms with Gasteiger partial charge in [0.2, 0.25) is 0 Å². The molecule has 1 saturated carbocycles. The zero-order valence-electron chi connectivity index (χ0n) is 4.68. The maximum Gasteiger partial charge on any atom is 0.165 e. The summed E-state index contributed by atoms with van der Waals surface area (Å²) in [5.41, 5.74) is 0.338. The van der Waals surface area contributed by atoms with Crippen LogP contribution in [0.3, 0.4) is 0 Å². The van der Waals surface area contributed by atoms with Gasteiger partial charge in [0.25, 0.3) is 0 Å². The van der Waals surface area contributed by atoms with Crippen molar-refractivity contribution < 1.29 is 4.74 Å². The van der Waals surface area contributed by atoms with Crippen molar-refractivity contribution >= 4 is 0 Å². The molecule has 0 amide bonds. The first-order valence-corrected chi connectivity index (χ1v) is 3.30. The third kappa shape index (κ3) is 0.206. The van der Waals surface area contributed by atoms with Crippen LogP contribution in [0.25, 0.3) is 0 Å². The van der Waals surface area contributed by atoms with Crippen molar-refractivity contribution in [3.8, 4) is 0 Å². The first kappa shape index (κ1) is 3.54. The number of allylic oxidation sites excluding steroid dienone is 1. The molecule has 0 radical (unpaired) electrons. The Bertz CT molecular complexity index is 183. The lowest BCUT2D eigenvalue weighted by molar-refractivity contribution is 0.306. The molecule has 0 aromatic rings. The molecule has 8 heavy (non-hydrogen) atoms. The number of epoxide rings is 1. The highest BCUT2D eigenvalue weighted by Gasteiger charge is 2.61. The molecule has 1 aliphatic heterocycles. The van der Waals surface area contributed by atoms with E-state index < -0.39 is 0 Å². The second-order valence-electron chi connectivity index (χ2n) is 3.13. The predicted octanol–water partition coefficient (Wildman–Crippen LogP) is 1.45. The Kier molecular flexibility index (Phi) is 0.325. The topological polar surface area (TPSA) is 12.5 Å². The summed E-state index contributed by atoms with van der Waals surface area (Å²) in [5.74, 6) is 2.22. The summed E-state index contributed by atoms with van der Waals surface area (Å²) in [5, 5.41) is 0. The molecular formula is C7H8O. The van der Waals surface area contributed by atoms with E-state index in [2.05, 4.69) is 6.08 Å². The first-order valence-electron chi connectivity index (χ1n) is 3.30. The molecule has 0 aromatic carbocycles. The molecule has 42 valence electrons. The van der Waals surface area contributed by atoms with Crippen molar-refractivity contribution in [3.05, 3.63) is 11.8 Å². The van der Waals surface area contributed by atoms with E-state index in [1.807, 2.05) is 0 Å². The zero-order valence-corrected chi connectivity index (χ0v) is 4.68. The van der Waals surface area contributed by atoms with Crippen molar-refractivity contribution in [1.82, 2.24) is 0 Å². The summed E-state index contributed by atoms with van der Waals surface area (Å²) in [4.78, 5) is 0. The van der Waals surface area contributed by atoms with Gasteiger partial charge in [-0.25, -0.2) is 0 Å². The van der Waals surface area contributed by atoms with Gasteiger partial charge < -0.3 is 4.74 Å². The van der Waals surface area contributed by atoms with Crippen LogP contribution in [0.2, 0.25) is 0 Å². The molecule has 1 heterocycles. The zero-order chi connectivity index (χ0) is 5.19. The van der Waals surface area contributed by atoms with E-state index in [-0.39, 0.29) is 0 Å². The SMILES string of the molecule is C1=C2OC23CCC1C3. The third-order valence-corrected chi connectivity index (χ3v) is 2.61. The molecule has 2 aliphatic carbocycles. The largest absolute Gasteiger partial charge is 0.480 e. The van der Waals surface area contributed by atoms with Crippen LogP contribution in [0.5, 0.6) is 0 Å². The summed E-state index contributed by atoms with van der Waals surface area (Å²) >= 11 is 0. The van der Waals surface area contributed by atoms with Crippen LogP contribution in [0.1, 0.15) is 19.3 Å². The van der Waals surface area contributed by atoms with E-state index in [0.717, 1.165) is 5.92 Å². The molecule has 1 spiro atoms. The van der Waals surface area contributed by atoms with Crippen molar-refractivity contribution in [2.24, 2.45) is 5.92 Å². The van der Waals surface area contributed by atoms with Crippen molar-refractivity contribution in [3.63, 3.8) is 0 Å². The predicted molar refractivity (Wildman–Crippen MR) is 29.2 cm³/mol. The molecule has 2 fully saturated rings. The van der Waals surface area contributed by atoms with Crippen LogP contribution < -0.4 is 0 Å². The number of fused-ring (bicyclic) bond motifs is 1. The highest BCUT2D eigenvalue weighted by Crippen LogP contribution is 2.61. The second-order valence-corrected chi connectivity index (χ2v) is 3.13.